The molecule has 0 fully saturated rings. The van der Waals surface area contributed by atoms with Gasteiger partial charge in [-0.05, 0) is 41.5 Å². The van der Waals surface area contributed by atoms with E-state index in [0.29, 0.717) is 30.5 Å². The van der Waals surface area contributed by atoms with Gasteiger partial charge < -0.3 is 24.2 Å². The van der Waals surface area contributed by atoms with Gasteiger partial charge in [-0.2, -0.15) is 0 Å². The molecule has 0 spiro atoms. The van der Waals surface area contributed by atoms with Gasteiger partial charge in [0.1, 0.15) is 11.5 Å². The van der Waals surface area contributed by atoms with Gasteiger partial charge in [-0.25, -0.2) is 4.98 Å². The number of nitrogens with zero attached hydrogens (tertiary/aromatic N) is 5. The normalized spacial score (nSPS) is 11.2. The molecule has 0 atom stereocenters. The number of methoxy groups -OCH3 is 3. The van der Waals surface area contributed by atoms with Gasteiger partial charge in [-0.15, -0.1) is 15.0 Å². The zero-order valence-corrected chi connectivity index (χ0v) is 22.4. The van der Waals surface area contributed by atoms with E-state index in [1.807, 2.05) is 53.4 Å². The van der Waals surface area contributed by atoms with Crippen LogP contribution in [0.5, 0.6) is 17.4 Å². The van der Waals surface area contributed by atoms with Crippen molar-refractivity contribution in [2.75, 3.05) is 26.2 Å². The molecule has 2 aromatic carbocycles. The van der Waals surface area contributed by atoms with Crippen molar-refractivity contribution in [3.05, 3.63) is 89.8 Å². The second-order valence-electron chi connectivity index (χ2n) is 8.62. The minimum Gasteiger partial charge on any atom is -0.505 e. The quantitative estimate of drug-likeness (QED) is 0.205. The van der Waals surface area contributed by atoms with Crippen LogP contribution in [0.3, 0.4) is 0 Å². The maximum atomic E-state index is 12.2. The molecule has 0 saturated heterocycles. The van der Waals surface area contributed by atoms with Crippen molar-refractivity contribution in [2.24, 2.45) is 0 Å². The molecule has 0 aliphatic heterocycles. The van der Waals surface area contributed by atoms with Gasteiger partial charge in [0.2, 0.25) is 5.88 Å². The fourth-order valence-corrected chi connectivity index (χ4v) is 3.86. The molecule has 10 heteroatoms. The highest BCUT2D eigenvalue weighted by Gasteiger charge is 2.23. The minimum absolute atomic E-state index is 0.176. The van der Waals surface area contributed by atoms with E-state index in [1.165, 1.54) is 18.0 Å². The summed E-state index contributed by atoms with van der Waals surface area (Å²) in [5.41, 5.74) is 2.74. The van der Waals surface area contributed by atoms with Gasteiger partial charge >= 0.3 is 0 Å². The monoisotopic (exact) mass is 529 g/mol. The summed E-state index contributed by atoms with van der Waals surface area (Å²) in [6.07, 6.45) is 3.01. The molecule has 4 rings (SSSR count). The predicted octanol–water partition coefficient (Wildman–Crippen LogP) is 4.77. The van der Waals surface area contributed by atoms with E-state index in [0.717, 1.165) is 22.6 Å². The highest BCUT2D eigenvalue weighted by atomic mass is 16.5. The number of aromatic nitrogens is 4. The summed E-state index contributed by atoms with van der Waals surface area (Å²) in [5.74, 6) is 1.79. The lowest BCUT2D eigenvalue weighted by Gasteiger charge is -2.23. The minimum atomic E-state index is -0.265. The fourth-order valence-electron chi connectivity index (χ4n) is 3.86. The Kier molecular flexibility index (Phi) is 8.78. The average molecular weight is 530 g/mol. The lowest BCUT2D eigenvalue weighted by Crippen LogP contribution is -2.24. The van der Waals surface area contributed by atoms with Gasteiger partial charge in [0, 0.05) is 37.8 Å². The summed E-state index contributed by atoms with van der Waals surface area (Å²) in [6.45, 7) is 2.61. The van der Waals surface area contributed by atoms with E-state index in [1.54, 1.807) is 39.5 Å². The van der Waals surface area contributed by atoms with Gasteiger partial charge in [0.15, 0.2) is 23.1 Å². The number of rotatable bonds is 12. The van der Waals surface area contributed by atoms with E-state index in [2.05, 4.69) is 10.1 Å². The van der Waals surface area contributed by atoms with Crippen LogP contribution in [0.2, 0.25) is 0 Å². The first-order valence-corrected chi connectivity index (χ1v) is 12.4. The highest BCUT2D eigenvalue weighted by molar-refractivity contribution is 5.95. The van der Waals surface area contributed by atoms with Crippen molar-refractivity contribution in [3.8, 4) is 23.1 Å². The zero-order chi connectivity index (χ0) is 27.8. The fraction of sp³-hybridized carbons (Fsp3) is 0.241. The van der Waals surface area contributed by atoms with E-state index in [-0.39, 0.29) is 23.7 Å². The van der Waals surface area contributed by atoms with Crippen LogP contribution in [-0.4, -0.2) is 52.2 Å². The number of pyridine rings is 1. The molecule has 0 unspecified atom stereocenters. The number of carbonyl (C=O) groups is 1. The van der Waals surface area contributed by atoms with E-state index >= 15 is 0 Å². The summed E-state index contributed by atoms with van der Waals surface area (Å²) < 4.78 is 15.9. The Balaban J connectivity index is 1.82. The van der Waals surface area contributed by atoms with Crippen LogP contribution in [0.25, 0.3) is 11.4 Å². The third-order valence-corrected chi connectivity index (χ3v) is 6.01. The molecule has 2 heterocycles. The Morgan fingerprint density at radius 2 is 1.49 bits per heavy atom. The molecular formula is C29H31N5O5. The Morgan fingerprint density at radius 1 is 0.897 bits per heavy atom. The largest absolute Gasteiger partial charge is 0.505 e. The van der Waals surface area contributed by atoms with Crippen molar-refractivity contribution < 1.29 is 24.1 Å². The first-order chi connectivity index (χ1) is 18.9. The number of allylic oxidation sites excluding steroid dienone is 1. The van der Waals surface area contributed by atoms with Gasteiger partial charge in [-0.1, -0.05) is 31.2 Å². The number of aliphatic hydroxyl groups is 1. The van der Waals surface area contributed by atoms with Gasteiger partial charge in [0.05, 0.1) is 27.0 Å². The number of ketones is 1. The van der Waals surface area contributed by atoms with Crippen LogP contribution in [0.15, 0.2) is 72.9 Å². The number of carbonyl (C=O) groups excluding carboxylic acids is 1. The SMILES string of the molecule is CCC(=O)C=C(O)c1nn(-c2ccnc(OC)c2)nc1N(Cc1ccc(OC)cc1)Cc1ccc(OC)cc1. The molecule has 10 nitrogen and oxygen atoms in total. The molecule has 1 N–H and O–H groups in total. The van der Waals surface area contributed by atoms with Crippen molar-refractivity contribution in [1.82, 2.24) is 20.0 Å². The lowest BCUT2D eigenvalue weighted by molar-refractivity contribution is -0.114. The number of hydrogen-bond acceptors (Lipinski definition) is 9. The molecule has 0 radical (unpaired) electrons. The molecule has 39 heavy (non-hydrogen) atoms. The van der Waals surface area contributed by atoms with Crippen molar-refractivity contribution in [3.63, 3.8) is 0 Å². The maximum absolute atomic E-state index is 12.2. The second-order valence-corrected chi connectivity index (χ2v) is 8.62. The molecule has 0 saturated carbocycles. The van der Waals surface area contributed by atoms with Crippen LogP contribution in [0.1, 0.15) is 30.2 Å². The summed E-state index contributed by atoms with van der Waals surface area (Å²) in [5, 5.41) is 20.3. The summed E-state index contributed by atoms with van der Waals surface area (Å²) in [4.78, 5) is 19.7. The lowest BCUT2D eigenvalue weighted by atomic mass is 10.1. The summed E-state index contributed by atoms with van der Waals surface area (Å²) >= 11 is 0. The van der Waals surface area contributed by atoms with Crippen molar-refractivity contribution in [2.45, 2.75) is 26.4 Å². The Hall–Kier alpha value is -4.86. The second kappa shape index (κ2) is 12.6. The van der Waals surface area contributed by atoms with Crippen LogP contribution in [0, 0.1) is 0 Å². The number of ether oxygens (including phenoxy) is 3. The van der Waals surface area contributed by atoms with E-state index in [9.17, 15) is 9.90 Å². The predicted molar refractivity (Wildman–Crippen MR) is 147 cm³/mol. The molecule has 202 valence electrons. The molecule has 0 amide bonds. The van der Waals surface area contributed by atoms with Crippen molar-refractivity contribution in [1.29, 1.82) is 0 Å². The molecule has 0 aliphatic carbocycles. The number of hydrogen-bond donors (Lipinski definition) is 1. The summed E-state index contributed by atoms with van der Waals surface area (Å²) in [7, 11) is 4.77. The Labute approximate surface area is 227 Å². The number of benzene rings is 2. The van der Waals surface area contributed by atoms with Crippen LogP contribution in [0.4, 0.5) is 5.82 Å². The Morgan fingerprint density at radius 3 is 2.00 bits per heavy atom. The molecule has 0 aliphatic rings. The van der Waals surface area contributed by atoms with E-state index < -0.39 is 0 Å². The standard InChI is InChI=1S/C29H31N5O5/c1-5-23(35)17-26(36)28-29(32-34(31-28)22-14-15-30-27(16-22)39-4)33(18-20-6-10-24(37-2)11-7-20)19-21-8-12-25(38-3)13-9-21/h6-17,36H,5,18-19H2,1-4H3. The highest BCUT2D eigenvalue weighted by Crippen LogP contribution is 2.28. The van der Waals surface area contributed by atoms with Gasteiger partial charge in [-0.3, -0.25) is 4.79 Å². The average Bonchev–Trinajstić information content (AvgIpc) is 3.43. The van der Waals surface area contributed by atoms with Gasteiger partial charge in [0.25, 0.3) is 0 Å². The number of anilines is 1. The molecule has 0 bridgehead atoms. The maximum Gasteiger partial charge on any atom is 0.215 e. The van der Waals surface area contributed by atoms with E-state index in [4.69, 9.17) is 19.3 Å². The smallest absolute Gasteiger partial charge is 0.215 e. The first kappa shape index (κ1) is 27.2. The Bertz CT molecular complexity index is 1380. The topological polar surface area (TPSA) is 112 Å². The molecule has 4 aromatic rings. The van der Waals surface area contributed by atoms with Crippen LogP contribution in [-0.2, 0) is 17.9 Å². The molecular weight excluding hydrogens is 498 g/mol. The third kappa shape index (κ3) is 6.72. The summed E-state index contributed by atoms with van der Waals surface area (Å²) in [6, 6.07) is 18.8. The number of aliphatic hydroxyl groups excluding tert-OH is 1. The zero-order valence-electron chi connectivity index (χ0n) is 22.4. The van der Waals surface area contributed by atoms with Crippen LogP contribution < -0.4 is 19.1 Å². The first-order valence-electron chi connectivity index (χ1n) is 12.4. The third-order valence-electron chi connectivity index (χ3n) is 6.01. The van der Waals surface area contributed by atoms with Crippen molar-refractivity contribution >= 4 is 17.4 Å². The molecule has 2 aromatic heterocycles. The van der Waals surface area contributed by atoms with Crippen LogP contribution >= 0.6 is 0 Å².